The van der Waals surface area contributed by atoms with Crippen LogP contribution in [0.2, 0.25) is 0 Å². The third-order valence-corrected chi connectivity index (χ3v) is 8.20. The van der Waals surface area contributed by atoms with E-state index in [0.717, 1.165) is 11.1 Å². The van der Waals surface area contributed by atoms with Gasteiger partial charge in [-0.2, -0.15) is 5.26 Å². The van der Waals surface area contributed by atoms with Crippen molar-refractivity contribution >= 4 is 12.0 Å². The van der Waals surface area contributed by atoms with Crippen LogP contribution in [0.25, 0.3) is 6.08 Å². The molecule has 3 heterocycles. The second-order valence-electron chi connectivity index (χ2n) is 10.2. The molecule has 200 valence electrons. The number of benzene rings is 2. The Morgan fingerprint density at radius 1 is 1.13 bits per heavy atom. The molecular weight excluding hydrogens is 488 g/mol. The number of phenolic OH excluding ortho intramolecular Hbond substituents is 3. The molecule has 38 heavy (non-hydrogen) atoms. The predicted octanol–water partition coefficient (Wildman–Crippen LogP) is 2.77. The number of hydrogen-bond donors (Lipinski definition) is 4. The third-order valence-electron chi connectivity index (χ3n) is 8.20. The Labute approximate surface area is 221 Å². The Balaban J connectivity index is 1.84. The summed E-state index contributed by atoms with van der Waals surface area (Å²) in [6.45, 7) is 5.00. The highest BCUT2D eigenvalue weighted by Crippen LogP contribution is 2.57. The van der Waals surface area contributed by atoms with Crippen LogP contribution in [0.1, 0.15) is 52.4 Å². The Morgan fingerprint density at radius 3 is 2.39 bits per heavy atom. The average Bonchev–Trinajstić information content (AvgIpc) is 2.86. The minimum Gasteiger partial charge on any atom is -0.507 e. The van der Waals surface area contributed by atoms with Crippen molar-refractivity contribution in [2.45, 2.75) is 51.4 Å². The van der Waals surface area contributed by atoms with E-state index in [-0.39, 0.29) is 41.5 Å². The number of carbonyl (C=O) groups excluding carboxylic acids is 1. The normalized spacial score (nSPS) is 23.4. The Bertz CT molecular complexity index is 1430. The summed E-state index contributed by atoms with van der Waals surface area (Å²) in [7, 11) is 4.84. The molecule has 0 aliphatic carbocycles. The number of aryl methyl sites for hydroxylation is 1. The largest absolute Gasteiger partial charge is 0.507 e. The number of hydrogen-bond acceptors (Lipinski definition) is 9. The highest BCUT2D eigenvalue weighted by atomic mass is 16.5. The van der Waals surface area contributed by atoms with E-state index in [9.17, 15) is 25.4 Å². The summed E-state index contributed by atoms with van der Waals surface area (Å²) in [5, 5.41) is 47.3. The van der Waals surface area contributed by atoms with Crippen molar-refractivity contribution in [3.63, 3.8) is 0 Å². The molecule has 4 N–H and O–H groups in total. The van der Waals surface area contributed by atoms with Crippen LogP contribution in [-0.4, -0.2) is 70.9 Å². The first-order valence-electron chi connectivity index (χ1n) is 12.4. The predicted molar refractivity (Wildman–Crippen MR) is 139 cm³/mol. The second-order valence-corrected chi connectivity index (χ2v) is 10.2. The number of phenols is 3. The van der Waals surface area contributed by atoms with E-state index in [1.54, 1.807) is 13.0 Å². The molecule has 3 aliphatic heterocycles. The molecule has 10 nitrogen and oxygen atoms in total. The highest BCUT2D eigenvalue weighted by molar-refractivity contribution is 5.77. The van der Waals surface area contributed by atoms with Gasteiger partial charge in [-0.05, 0) is 44.5 Å². The first-order valence-corrected chi connectivity index (χ1v) is 12.4. The van der Waals surface area contributed by atoms with Crippen LogP contribution in [0.4, 0.5) is 0 Å². The number of nitrogens with zero attached hydrogens (tertiary/aromatic N) is 3. The standard InChI is InChI=1S/C28H32N4O6/c1-12-7-15-8-17-19(10-29)32-18(23(31(17)4)21(15)25(35)27(12)37-5)9-16-22(20(32)11-30-14(3)33)26(36)28(38-6)13(2)24(16)34/h7,9,17,19-20,23,34-36H,8,11H2,1-6H3,(H,30,33)/t17?,19-,20-,23-/m0/s1. The van der Waals surface area contributed by atoms with E-state index in [1.807, 2.05) is 24.9 Å². The van der Waals surface area contributed by atoms with Crippen molar-refractivity contribution in [3.8, 4) is 34.8 Å². The van der Waals surface area contributed by atoms with E-state index >= 15 is 0 Å². The van der Waals surface area contributed by atoms with Gasteiger partial charge in [0, 0.05) is 47.5 Å². The molecule has 5 rings (SSSR count). The molecule has 0 spiro atoms. The monoisotopic (exact) mass is 520 g/mol. The summed E-state index contributed by atoms with van der Waals surface area (Å²) >= 11 is 0. The number of carbonyl (C=O) groups is 1. The van der Waals surface area contributed by atoms with Crippen LogP contribution in [0.5, 0.6) is 28.7 Å². The number of likely N-dealkylation sites (N-methyl/N-ethyl adjacent to an activating group) is 1. The maximum atomic E-state index is 12.0. The van der Waals surface area contributed by atoms with E-state index in [2.05, 4.69) is 16.3 Å². The van der Waals surface area contributed by atoms with Gasteiger partial charge in [-0.15, -0.1) is 0 Å². The first-order chi connectivity index (χ1) is 18.1. The summed E-state index contributed by atoms with van der Waals surface area (Å²) < 4.78 is 10.9. The molecule has 2 bridgehead atoms. The number of aromatic hydroxyl groups is 3. The SMILES string of the molecule is COc1c(C)cc2c(c1O)[C@@H]1C3=Cc4c(O)c(C)c(OC)c(O)c4[C@H](CNC(C)=O)N3[C@@H](C#N)C(C2)N1C. The zero-order valence-corrected chi connectivity index (χ0v) is 22.3. The smallest absolute Gasteiger partial charge is 0.216 e. The Hall–Kier alpha value is -4.10. The second kappa shape index (κ2) is 9.03. The number of rotatable bonds is 4. The zero-order valence-electron chi connectivity index (χ0n) is 22.3. The summed E-state index contributed by atoms with van der Waals surface area (Å²) in [5.74, 6) is 0.0846. The van der Waals surface area contributed by atoms with Gasteiger partial charge >= 0.3 is 0 Å². The number of methoxy groups -OCH3 is 2. The molecule has 2 aromatic rings. The van der Waals surface area contributed by atoms with Crippen LogP contribution in [-0.2, 0) is 11.2 Å². The molecule has 2 aromatic carbocycles. The maximum absolute atomic E-state index is 12.0. The fraction of sp³-hybridized carbons (Fsp3) is 0.429. The molecule has 3 aliphatic rings. The molecular formula is C28H32N4O6. The molecule has 0 aromatic heterocycles. The van der Waals surface area contributed by atoms with Crippen LogP contribution in [0, 0.1) is 25.2 Å². The lowest BCUT2D eigenvalue weighted by Crippen LogP contribution is -2.62. The maximum Gasteiger partial charge on any atom is 0.216 e. The Kier molecular flexibility index (Phi) is 6.07. The van der Waals surface area contributed by atoms with Gasteiger partial charge in [-0.3, -0.25) is 9.69 Å². The van der Waals surface area contributed by atoms with Crippen molar-refractivity contribution in [1.82, 2.24) is 15.1 Å². The van der Waals surface area contributed by atoms with Gasteiger partial charge < -0.3 is 35.0 Å². The van der Waals surface area contributed by atoms with Crippen molar-refractivity contribution in [3.05, 3.63) is 45.1 Å². The van der Waals surface area contributed by atoms with Crippen LogP contribution >= 0.6 is 0 Å². The number of ether oxygens (including phenoxy) is 2. The fourth-order valence-electron chi connectivity index (χ4n) is 6.54. The number of nitrogens with one attached hydrogen (secondary N) is 1. The molecule has 0 radical (unpaired) electrons. The summed E-state index contributed by atoms with van der Waals surface area (Å²) in [6.07, 6.45) is 2.28. The van der Waals surface area contributed by atoms with E-state index in [1.165, 1.54) is 21.1 Å². The van der Waals surface area contributed by atoms with Gasteiger partial charge in [0.2, 0.25) is 5.91 Å². The third kappa shape index (κ3) is 3.38. The van der Waals surface area contributed by atoms with Gasteiger partial charge in [-0.25, -0.2) is 0 Å². The van der Waals surface area contributed by atoms with Crippen LogP contribution < -0.4 is 14.8 Å². The molecule has 1 fully saturated rings. The lowest BCUT2D eigenvalue weighted by molar-refractivity contribution is -0.119. The molecule has 1 unspecified atom stereocenters. The molecule has 1 amide bonds. The van der Waals surface area contributed by atoms with E-state index in [4.69, 9.17) is 9.47 Å². The number of amides is 1. The van der Waals surface area contributed by atoms with Gasteiger partial charge in [-0.1, -0.05) is 6.07 Å². The van der Waals surface area contributed by atoms with Gasteiger partial charge in [0.1, 0.15) is 11.8 Å². The summed E-state index contributed by atoms with van der Waals surface area (Å²) in [6, 6.07) is 2.40. The minimum atomic E-state index is -0.686. The molecule has 0 saturated carbocycles. The molecule has 4 atom stereocenters. The van der Waals surface area contributed by atoms with Crippen LogP contribution in [0.3, 0.4) is 0 Å². The van der Waals surface area contributed by atoms with Crippen molar-refractivity contribution in [1.29, 1.82) is 5.26 Å². The topological polar surface area (TPSA) is 139 Å². The van der Waals surface area contributed by atoms with Gasteiger partial charge in [0.15, 0.2) is 23.0 Å². The lowest BCUT2D eigenvalue weighted by atomic mass is 9.75. The zero-order chi connectivity index (χ0) is 27.6. The summed E-state index contributed by atoms with van der Waals surface area (Å²) in [5.41, 5.74) is 4.20. The van der Waals surface area contributed by atoms with Crippen molar-refractivity contribution < 1.29 is 29.6 Å². The van der Waals surface area contributed by atoms with E-state index in [0.29, 0.717) is 40.1 Å². The van der Waals surface area contributed by atoms with Gasteiger partial charge in [0.05, 0.1) is 32.4 Å². The van der Waals surface area contributed by atoms with Crippen molar-refractivity contribution in [2.24, 2.45) is 0 Å². The van der Waals surface area contributed by atoms with Crippen LogP contribution in [0.15, 0.2) is 11.8 Å². The molecule has 10 heteroatoms. The lowest BCUT2D eigenvalue weighted by Gasteiger charge is -2.57. The number of nitriles is 1. The first kappa shape index (κ1) is 25.5. The number of piperazine rings is 1. The summed E-state index contributed by atoms with van der Waals surface area (Å²) in [4.78, 5) is 16.0. The average molecular weight is 521 g/mol. The molecule has 1 saturated heterocycles. The quantitative estimate of drug-likeness (QED) is 0.448. The van der Waals surface area contributed by atoms with Crippen molar-refractivity contribution in [2.75, 3.05) is 27.8 Å². The highest BCUT2D eigenvalue weighted by Gasteiger charge is 2.53. The Morgan fingerprint density at radius 2 is 1.79 bits per heavy atom. The van der Waals surface area contributed by atoms with Gasteiger partial charge in [0.25, 0.3) is 0 Å². The fourth-order valence-corrected chi connectivity index (χ4v) is 6.54. The minimum absolute atomic E-state index is 0.0382. The van der Waals surface area contributed by atoms with E-state index < -0.39 is 18.1 Å². The number of fused-ring (bicyclic) bond motifs is 7.